The first-order valence-electron chi connectivity index (χ1n) is 24.7. The van der Waals surface area contributed by atoms with E-state index >= 15 is 0 Å². The van der Waals surface area contributed by atoms with Crippen LogP contribution in [0.3, 0.4) is 0 Å². The molecule has 6 nitrogen and oxygen atoms in total. The lowest BCUT2D eigenvalue weighted by Crippen LogP contribution is -2.52. The van der Waals surface area contributed by atoms with Crippen LogP contribution in [0.4, 0.5) is 11.4 Å². The average Bonchev–Trinajstić information content (AvgIpc) is 4.09. The van der Waals surface area contributed by atoms with Crippen molar-refractivity contribution in [2.75, 3.05) is 4.90 Å². The van der Waals surface area contributed by atoms with Gasteiger partial charge in [-0.3, -0.25) is 5.32 Å². The molecule has 7 aromatic rings. The number of aromatic nitrogens is 1. The smallest absolute Gasteiger partial charge is 0.131 e. The van der Waals surface area contributed by atoms with E-state index in [1.807, 2.05) is 0 Å². The largest absolute Gasteiger partial charge is 0.485 e. The molecule has 6 atom stereocenters. The van der Waals surface area contributed by atoms with Gasteiger partial charge in [-0.05, 0) is 108 Å². The number of nitrogens with zero attached hydrogens (tertiary/aromatic N) is 3. The fraction of sp³-hybridized carbons (Fsp3) is 0.159. The van der Waals surface area contributed by atoms with Gasteiger partial charge in [0, 0.05) is 56.4 Å². The van der Waals surface area contributed by atoms with Gasteiger partial charge < -0.3 is 19.5 Å². The van der Waals surface area contributed by atoms with Gasteiger partial charge in [0.25, 0.3) is 0 Å². The van der Waals surface area contributed by atoms with Crippen molar-refractivity contribution in [2.24, 2.45) is 4.99 Å². The minimum absolute atomic E-state index is 0.0257. The maximum absolute atomic E-state index is 6.41. The van der Waals surface area contributed by atoms with Gasteiger partial charge in [-0.2, -0.15) is 0 Å². The second kappa shape index (κ2) is 16.4. The molecule has 0 fully saturated rings. The summed E-state index contributed by atoms with van der Waals surface area (Å²) < 4.78 is 8.98. The summed E-state index contributed by atoms with van der Waals surface area (Å²) in [6.07, 6.45) is 30.8. The summed E-state index contributed by atoms with van der Waals surface area (Å²) >= 11 is 0. The van der Waals surface area contributed by atoms with E-state index in [1.54, 1.807) is 0 Å². The zero-order chi connectivity index (χ0) is 45.4. The maximum atomic E-state index is 6.41. The summed E-state index contributed by atoms with van der Waals surface area (Å²) in [5.41, 5.74) is 17.4. The highest BCUT2D eigenvalue weighted by Gasteiger charge is 2.42. The van der Waals surface area contributed by atoms with Gasteiger partial charge in [-0.1, -0.05) is 164 Å². The molecule has 0 amide bonds. The lowest BCUT2D eigenvalue weighted by Gasteiger charge is -2.35. The second-order valence-electron chi connectivity index (χ2n) is 19.2. The third-order valence-electron chi connectivity index (χ3n) is 15.3. The van der Waals surface area contributed by atoms with Crippen molar-refractivity contribution in [3.05, 3.63) is 251 Å². The third-order valence-corrected chi connectivity index (χ3v) is 15.3. The topological polar surface area (TPSA) is 53.8 Å². The molecule has 334 valence electrons. The molecule has 0 saturated carbocycles. The highest BCUT2D eigenvalue weighted by Crippen LogP contribution is 2.54. The molecule has 4 aliphatic carbocycles. The molecule has 6 heteroatoms. The number of fused-ring (bicyclic) bond motifs is 9. The van der Waals surface area contributed by atoms with E-state index in [9.17, 15) is 0 Å². The molecule has 6 unspecified atom stereocenters. The van der Waals surface area contributed by atoms with E-state index in [-0.39, 0.29) is 36.3 Å². The Bertz CT molecular complexity index is 3520. The fourth-order valence-corrected chi connectivity index (χ4v) is 12.2. The highest BCUT2D eigenvalue weighted by atomic mass is 16.5. The Morgan fingerprint density at radius 1 is 0.667 bits per heavy atom. The number of ether oxygens (including phenoxy) is 1. The quantitative estimate of drug-likeness (QED) is 0.167. The van der Waals surface area contributed by atoms with Crippen LogP contribution in [0.1, 0.15) is 77.1 Å². The minimum atomic E-state index is -0.305. The van der Waals surface area contributed by atoms with Crippen molar-refractivity contribution in [3.8, 4) is 5.75 Å². The van der Waals surface area contributed by atoms with Crippen molar-refractivity contribution < 1.29 is 4.74 Å². The molecule has 7 aliphatic rings. The molecule has 4 heterocycles. The Kier molecular flexibility index (Phi) is 9.54. The molecule has 6 aromatic carbocycles. The Balaban J connectivity index is 0.895. The average molecular weight is 894 g/mol. The van der Waals surface area contributed by atoms with Gasteiger partial charge in [-0.15, -0.1) is 0 Å². The van der Waals surface area contributed by atoms with Crippen LogP contribution < -0.4 is 20.3 Å². The van der Waals surface area contributed by atoms with Crippen molar-refractivity contribution in [3.63, 3.8) is 0 Å². The summed E-state index contributed by atoms with van der Waals surface area (Å²) in [6.45, 7) is 0. The number of amidine groups is 1. The predicted octanol–water partition coefficient (Wildman–Crippen LogP) is 14.0. The minimum Gasteiger partial charge on any atom is -0.485 e. The lowest BCUT2D eigenvalue weighted by atomic mass is 9.79. The summed E-state index contributed by atoms with van der Waals surface area (Å²) in [6, 6.07) is 51.6. The number of para-hydroxylation sites is 3. The number of benzene rings is 6. The van der Waals surface area contributed by atoms with E-state index < -0.39 is 0 Å². The van der Waals surface area contributed by atoms with Crippen molar-refractivity contribution >= 4 is 55.9 Å². The molecule has 0 bridgehead atoms. The van der Waals surface area contributed by atoms with E-state index in [4.69, 9.17) is 9.73 Å². The monoisotopic (exact) mass is 893 g/mol. The van der Waals surface area contributed by atoms with Gasteiger partial charge in [0.15, 0.2) is 0 Å². The van der Waals surface area contributed by atoms with Gasteiger partial charge >= 0.3 is 0 Å². The summed E-state index contributed by atoms with van der Waals surface area (Å²) in [5, 5.41) is 10.6. The van der Waals surface area contributed by atoms with Crippen LogP contribution in [0.25, 0.3) is 38.6 Å². The number of allylic oxidation sites excluding steroid dienone is 10. The normalized spacial score (nSPS) is 24.1. The molecule has 0 saturated heterocycles. The molecule has 3 aliphatic heterocycles. The molecule has 0 spiro atoms. The number of hydrogen-bond donors (Lipinski definition) is 2. The molecule has 0 radical (unpaired) electrons. The van der Waals surface area contributed by atoms with E-state index in [0.717, 1.165) is 48.4 Å². The van der Waals surface area contributed by atoms with Crippen LogP contribution in [0.5, 0.6) is 5.75 Å². The molecule has 14 rings (SSSR count). The maximum Gasteiger partial charge on any atom is 0.131 e. The number of rotatable bonds is 7. The van der Waals surface area contributed by atoms with Crippen LogP contribution in [0, 0.1) is 0 Å². The molecule has 2 N–H and O–H groups in total. The first-order chi connectivity index (χ1) is 34.2. The van der Waals surface area contributed by atoms with Crippen LogP contribution in [-0.4, -0.2) is 28.7 Å². The Morgan fingerprint density at radius 3 is 2.41 bits per heavy atom. The van der Waals surface area contributed by atoms with Crippen molar-refractivity contribution in [2.45, 2.75) is 62.0 Å². The third kappa shape index (κ3) is 6.61. The highest BCUT2D eigenvalue weighted by molar-refractivity contribution is 6.15. The number of anilines is 2. The lowest BCUT2D eigenvalue weighted by molar-refractivity contribution is 0.269. The fourth-order valence-electron chi connectivity index (χ4n) is 12.2. The number of hydrogen-bond acceptors (Lipinski definition) is 5. The first-order valence-corrected chi connectivity index (χ1v) is 24.7. The zero-order valence-electron chi connectivity index (χ0n) is 38.2. The van der Waals surface area contributed by atoms with Crippen molar-refractivity contribution in [1.82, 2.24) is 15.2 Å². The van der Waals surface area contributed by atoms with Gasteiger partial charge in [0.1, 0.15) is 30.0 Å². The van der Waals surface area contributed by atoms with Crippen LogP contribution in [0.15, 0.2) is 223 Å². The SMILES string of the molecule is C1=CC2Oc3ccc(C4N=C(c5ccc(C6=CCCC=C6)cc5)NC(C5=C(n6c7ccccc7c7c(C8=CC=CC9C8c8ccccc8N9c8ccccc8)cccc76)CCC=C5)N4)cc3C2C=C1. The van der Waals surface area contributed by atoms with Gasteiger partial charge in [0.2, 0.25) is 0 Å². The Morgan fingerprint density at radius 2 is 1.49 bits per heavy atom. The predicted molar refractivity (Wildman–Crippen MR) is 284 cm³/mol. The zero-order valence-corrected chi connectivity index (χ0v) is 38.2. The molecular formula is C63H51N5O. The standard InChI is InChI=1S/C63H51N5O/c1-3-17-40(18-4-1)41-33-35-42(36-34-41)61-64-62(43-37-38-58-51(39-43)45-21-10-14-32-57(45)69-58)66-63(65-61)50-24-9-13-29-54(50)68-53-28-12-8-23-49(53)60-47(26-16-31-56(60)68)46-25-15-30-55-59(46)48-22-7-11-27-52(48)67(55)44-19-5-2-6-20-44/h2-3,5-12,14-28,30-39,45,55,57,59,62-63,66H,1,4,13,29H2,(H,64,65). The molecular weight excluding hydrogens is 843 g/mol. The number of nitrogens with one attached hydrogen (secondary N) is 2. The van der Waals surface area contributed by atoms with E-state index in [1.165, 1.54) is 77.9 Å². The van der Waals surface area contributed by atoms with E-state index in [0.29, 0.717) is 0 Å². The first kappa shape index (κ1) is 40.2. The summed E-state index contributed by atoms with van der Waals surface area (Å²) in [7, 11) is 0. The van der Waals surface area contributed by atoms with Crippen LogP contribution in [0.2, 0.25) is 0 Å². The summed E-state index contributed by atoms with van der Waals surface area (Å²) in [5.74, 6) is 2.19. The Labute approximate surface area is 403 Å². The van der Waals surface area contributed by atoms with Gasteiger partial charge in [0.05, 0.1) is 17.1 Å². The molecule has 69 heavy (non-hydrogen) atoms. The number of aliphatic imine (C=N–C) groups is 1. The summed E-state index contributed by atoms with van der Waals surface area (Å²) in [4.78, 5) is 8.01. The van der Waals surface area contributed by atoms with Gasteiger partial charge in [-0.25, -0.2) is 4.99 Å². The van der Waals surface area contributed by atoms with Crippen LogP contribution in [-0.2, 0) is 0 Å². The van der Waals surface area contributed by atoms with Crippen molar-refractivity contribution in [1.29, 1.82) is 0 Å². The Hall–Kier alpha value is -7.93. The van der Waals surface area contributed by atoms with E-state index in [2.05, 4.69) is 233 Å². The molecule has 1 aromatic heterocycles. The second-order valence-corrected chi connectivity index (χ2v) is 19.2. The van der Waals surface area contributed by atoms with Crippen LogP contribution >= 0.6 is 0 Å².